The molecular weight excluding hydrogens is 466 g/mol. The first kappa shape index (κ1) is 21.4. The molecule has 3 heteroatoms. The number of rotatable bonds is 6. The first-order valence-corrected chi connectivity index (χ1v) is 11.3. The molecule has 0 saturated carbocycles. The van der Waals surface area contributed by atoms with Crippen LogP contribution in [0.2, 0.25) is 0 Å². The van der Waals surface area contributed by atoms with Gasteiger partial charge < -0.3 is 24.8 Å². The smallest absolute Gasteiger partial charge is 1.00 e. The molecule has 2 aliphatic carbocycles. The van der Waals surface area contributed by atoms with Crippen molar-refractivity contribution in [2.45, 2.75) is 66.2 Å². The molecule has 0 aliphatic heterocycles. The molecule has 0 radical (unpaired) electrons. The van der Waals surface area contributed by atoms with Gasteiger partial charge in [0.1, 0.15) is 0 Å². The quantitative estimate of drug-likeness (QED) is 0.455. The summed E-state index contributed by atoms with van der Waals surface area (Å²) < 4.78 is 3.69. The summed E-state index contributed by atoms with van der Waals surface area (Å²) in [6.07, 6.45) is 12.7. The van der Waals surface area contributed by atoms with Gasteiger partial charge in [-0.05, 0) is 0 Å². The van der Waals surface area contributed by atoms with Gasteiger partial charge in [0.05, 0.1) is 0 Å². The van der Waals surface area contributed by atoms with Crippen LogP contribution in [-0.2, 0) is 22.9 Å². The molecule has 0 aromatic heterocycles. The van der Waals surface area contributed by atoms with Gasteiger partial charge in [0.2, 0.25) is 0 Å². The van der Waals surface area contributed by atoms with Gasteiger partial charge in [-0.2, -0.15) is 0 Å². The van der Waals surface area contributed by atoms with Crippen LogP contribution in [0.3, 0.4) is 0 Å². The Morgan fingerprint density at radius 1 is 0.810 bits per heavy atom. The molecule has 21 heavy (non-hydrogen) atoms. The first-order chi connectivity index (χ1) is 9.17. The summed E-state index contributed by atoms with van der Waals surface area (Å²) in [5.41, 5.74) is 6.81. The van der Waals surface area contributed by atoms with Gasteiger partial charge in [0.25, 0.3) is 0 Å². The average Bonchev–Trinajstić information content (AvgIpc) is 2.90. The minimum Gasteiger partial charge on any atom is -1.00 e. The van der Waals surface area contributed by atoms with Crippen LogP contribution in [0.15, 0.2) is 41.1 Å². The van der Waals surface area contributed by atoms with E-state index in [9.17, 15) is 0 Å². The molecule has 0 N–H and O–H groups in total. The molecule has 0 heterocycles. The average molecular weight is 492 g/mol. The third-order valence-corrected chi connectivity index (χ3v) is 11.3. The normalized spacial score (nSPS) is 17.1. The summed E-state index contributed by atoms with van der Waals surface area (Å²) in [7, 11) is 0. The van der Waals surface area contributed by atoms with Crippen molar-refractivity contribution < 1.29 is 47.7 Å². The topological polar surface area (TPSA) is 0 Å². The van der Waals surface area contributed by atoms with Crippen LogP contribution in [0, 0.1) is 0 Å². The third-order valence-electron chi connectivity index (χ3n) is 4.16. The predicted octanol–water partition coefficient (Wildman–Crippen LogP) is -0.115. The van der Waals surface area contributed by atoms with Crippen molar-refractivity contribution in [2.75, 3.05) is 0 Å². The van der Waals surface area contributed by atoms with E-state index in [1.54, 1.807) is 22.3 Å². The molecule has 0 aromatic rings. The minimum atomic E-state index is -0.817. The fourth-order valence-electron chi connectivity index (χ4n) is 3.08. The van der Waals surface area contributed by atoms with Crippen molar-refractivity contribution in [3.05, 3.63) is 41.1 Å². The number of halogens is 2. The van der Waals surface area contributed by atoms with Gasteiger partial charge in [0, 0.05) is 0 Å². The van der Waals surface area contributed by atoms with Crippen molar-refractivity contribution in [2.24, 2.45) is 0 Å². The van der Waals surface area contributed by atoms with Crippen molar-refractivity contribution in [1.82, 2.24) is 0 Å². The van der Waals surface area contributed by atoms with Crippen LogP contribution in [0.25, 0.3) is 0 Å². The molecule has 2 aliphatic rings. The largest absolute Gasteiger partial charge is 1.00 e. The second-order valence-electron chi connectivity index (χ2n) is 5.76. The minimum absolute atomic E-state index is 0. The van der Waals surface area contributed by atoms with Crippen LogP contribution in [-0.4, -0.2) is 0 Å². The summed E-state index contributed by atoms with van der Waals surface area (Å²) in [5, 5.41) is 0. The molecule has 0 nitrogen and oxygen atoms in total. The Hall–Kier alpha value is 0.410. The van der Waals surface area contributed by atoms with E-state index in [-0.39, 0.29) is 24.8 Å². The number of allylic oxidation sites excluding steroid dienone is 8. The fraction of sp³-hybridized carbons (Fsp3) is 0.556. The van der Waals surface area contributed by atoms with Crippen LogP contribution in [0.4, 0.5) is 0 Å². The maximum Gasteiger partial charge on any atom is -1.00 e. The van der Waals surface area contributed by atoms with E-state index < -0.39 is 22.9 Å². The molecule has 0 fully saturated rings. The van der Waals surface area contributed by atoms with Crippen molar-refractivity contribution in [3.63, 3.8) is 0 Å². The second-order valence-corrected chi connectivity index (χ2v) is 10.3. The molecular formula is C18H26Cl2Hf. The van der Waals surface area contributed by atoms with Crippen molar-refractivity contribution in [3.8, 4) is 0 Å². The predicted molar refractivity (Wildman–Crippen MR) is 80.6 cm³/mol. The summed E-state index contributed by atoms with van der Waals surface area (Å²) >= 11 is -0.817. The van der Waals surface area contributed by atoms with E-state index in [4.69, 9.17) is 0 Å². The Morgan fingerprint density at radius 3 is 1.52 bits per heavy atom. The first-order valence-electron chi connectivity index (χ1n) is 7.72. The summed E-state index contributed by atoms with van der Waals surface area (Å²) in [5.74, 6) is 0. The second kappa shape index (κ2) is 10.2. The van der Waals surface area contributed by atoms with Crippen molar-refractivity contribution in [1.29, 1.82) is 0 Å². The van der Waals surface area contributed by atoms with Crippen LogP contribution >= 0.6 is 0 Å². The van der Waals surface area contributed by atoms with Crippen LogP contribution < -0.4 is 24.8 Å². The zero-order valence-electron chi connectivity index (χ0n) is 13.7. The molecule has 0 amide bonds. The van der Waals surface area contributed by atoms with Gasteiger partial charge in [-0.1, -0.05) is 0 Å². The Balaban J connectivity index is 0.00000200. The number of hydrogen-bond donors (Lipinski definition) is 0. The van der Waals surface area contributed by atoms with Gasteiger partial charge in [-0.25, -0.2) is 0 Å². The van der Waals surface area contributed by atoms with Crippen molar-refractivity contribution >= 4 is 0 Å². The molecule has 0 saturated heterocycles. The fourth-order valence-corrected chi connectivity index (χ4v) is 9.03. The van der Waals surface area contributed by atoms with E-state index in [1.165, 1.54) is 38.5 Å². The Morgan fingerprint density at radius 2 is 1.19 bits per heavy atom. The van der Waals surface area contributed by atoms with Gasteiger partial charge in [-0.3, -0.25) is 0 Å². The molecule has 116 valence electrons. The van der Waals surface area contributed by atoms with Crippen LogP contribution in [0.1, 0.15) is 66.2 Å². The zero-order chi connectivity index (χ0) is 13.8. The molecule has 0 spiro atoms. The maximum absolute atomic E-state index is 2.47. The zero-order valence-corrected chi connectivity index (χ0v) is 18.8. The number of hydrogen-bond acceptors (Lipinski definition) is 0. The van der Waals surface area contributed by atoms with Gasteiger partial charge >= 0.3 is 130 Å². The molecule has 0 bridgehead atoms. The van der Waals surface area contributed by atoms with E-state index in [0.29, 0.717) is 0 Å². The Labute approximate surface area is 154 Å². The monoisotopic (exact) mass is 492 g/mol. The Bertz CT molecular complexity index is 437. The standard InChI is InChI=1S/2C9H13.2ClH.Hf/c2*1-3-4-9-6-5-8(2)7-9;;;/h2*5H,3-4,6H2,1-2H3;2*1H;/q;;;;+2/p-2. The third kappa shape index (κ3) is 5.22. The molecule has 0 aromatic carbocycles. The summed E-state index contributed by atoms with van der Waals surface area (Å²) in [4.78, 5) is 0. The van der Waals surface area contributed by atoms with Gasteiger partial charge in [0.15, 0.2) is 0 Å². The molecule has 0 atom stereocenters. The van der Waals surface area contributed by atoms with Gasteiger partial charge in [-0.15, -0.1) is 0 Å². The summed E-state index contributed by atoms with van der Waals surface area (Å²) in [6.45, 7) is 9.32. The molecule has 2 rings (SSSR count). The van der Waals surface area contributed by atoms with E-state index in [2.05, 4.69) is 39.8 Å². The molecule has 0 unspecified atom stereocenters. The van der Waals surface area contributed by atoms with E-state index >= 15 is 0 Å². The van der Waals surface area contributed by atoms with E-state index in [1.807, 2.05) is 6.66 Å². The van der Waals surface area contributed by atoms with E-state index in [0.717, 1.165) is 0 Å². The van der Waals surface area contributed by atoms with Crippen LogP contribution in [0.5, 0.6) is 0 Å². The Kier molecular flexibility index (Phi) is 10.4. The summed E-state index contributed by atoms with van der Waals surface area (Å²) in [6, 6.07) is 0. The maximum atomic E-state index is 2.47. The SMILES string of the molecule is CCCC1=[C]([Hf+2][C]2=C(CCC)CC=C2C)C(C)=CC1.[Cl-].[Cl-].